The number of nitrogens with zero attached hydrogens (tertiary/aromatic N) is 1. The molecule has 0 aliphatic heterocycles. The number of anilines is 2. The smallest absolute Gasteiger partial charge is 0.481 e. The van der Waals surface area contributed by atoms with Crippen molar-refractivity contribution < 1.29 is 56.9 Å². The summed E-state index contributed by atoms with van der Waals surface area (Å²) in [5.74, 6) is -7.81. The van der Waals surface area contributed by atoms with E-state index in [2.05, 4.69) is 10.6 Å². The number of ether oxygens (including phenoxy) is 1. The molecule has 0 saturated heterocycles. The van der Waals surface area contributed by atoms with E-state index in [1.165, 1.54) is 48.5 Å². The van der Waals surface area contributed by atoms with Crippen LogP contribution in [0.3, 0.4) is 0 Å². The van der Waals surface area contributed by atoms with Gasteiger partial charge in [-0.05, 0) is 43.3 Å². The molecule has 0 spiro atoms. The van der Waals surface area contributed by atoms with Crippen LogP contribution in [0.5, 0.6) is 0 Å². The van der Waals surface area contributed by atoms with Crippen LogP contribution in [0.15, 0.2) is 54.6 Å². The topological polar surface area (TPSA) is 255 Å². The molecule has 0 fully saturated rings. The summed E-state index contributed by atoms with van der Waals surface area (Å²) in [7, 11) is 0.949. The first-order chi connectivity index (χ1) is 19.9. The quantitative estimate of drug-likeness (QED) is 0.0655. The number of carboxylic acid groups (broad SMARTS) is 2. The number of alkyl halides is 3. The largest absolute Gasteiger partial charge is 0.490 e. The van der Waals surface area contributed by atoms with Crippen molar-refractivity contribution in [3.63, 3.8) is 0 Å². The molecule has 0 heterocycles. The zero-order valence-corrected chi connectivity index (χ0v) is 22.5. The van der Waals surface area contributed by atoms with E-state index in [9.17, 15) is 37.1 Å². The Labute approximate surface area is 241 Å². The van der Waals surface area contributed by atoms with Crippen LogP contribution >= 0.6 is 0 Å². The molecule has 2 aromatic rings. The van der Waals surface area contributed by atoms with Crippen molar-refractivity contribution in [3.05, 3.63) is 60.2 Å². The van der Waals surface area contributed by atoms with Gasteiger partial charge in [-0.3, -0.25) is 30.0 Å². The van der Waals surface area contributed by atoms with E-state index in [0.29, 0.717) is 10.5 Å². The summed E-state index contributed by atoms with van der Waals surface area (Å²) in [5.41, 5.74) is 9.03. The number of methoxy groups -OCH3 is 1. The Morgan fingerprint density at radius 3 is 1.91 bits per heavy atom. The summed E-state index contributed by atoms with van der Waals surface area (Å²) in [5, 5.41) is 28.3. The third kappa shape index (κ3) is 9.52. The maximum Gasteiger partial charge on any atom is 0.490 e. The van der Waals surface area contributed by atoms with Crippen LogP contribution in [-0.4, -0.2) is 76.7 Å². The van der Waals surface area contributed by atoms with Crippen LogP contribution in [-0.2, 0) is 28.7 Å². The number of Topliss-reactive ketones (excluding diaryl/α,β-unsaturated/α-hetero) is 1. The summed E-state index contributed by atoms with van der Waals surface area (Å²) < 4.78 is 36.5. The highest BCUT2D eigenvalue weighted by Gasteiger charge is 2.55. The van der Waals surface area contributed by atoms with E-state index >= 15 is 0 Å². The van der Waals surface area contributed by atoms with Gasteiger partial charge in [0.05, 0.1) is 19.6 Å². The first-order valence-electron chi connectivity index (χ1n) is 11.7. The number of benzene rings is 2. The zero-order chi connectivity index (χ0) is 33.1. The maximum atomic E-state index is 13.4. The van der Waals surface area contributed by atoms with E-state index in [4.69, 9.17) is 36.6 Å². The normalized spacial score (nSPS) is 12.6. The molecule has 0 aliphatic carbocycles. The third-order valence-electron chi connectivity index (χ3n) is 5.26. The molecule has 0 aliphatic rings. The van der Waals surface area contributed by atoms with Gasteiger partial charge in [-0.2, -0.15) is 13.2 Å². The molecule has 0 saturated carbocycles. The number of esters is 1. The number of nitrogens with one attached hydrogen (secondary N) is 3. The number of para-hydroxylation sites is 1. The Balaban J connectivity index is 0.00000117. The number of hydrogen-bond acceptors (Lipinski definition) is 9. The average molecular weight is 613 g/mol. The number of nitrogen functional groups attached to an aromatic ring is 1. The Hall–Kier alpha value is -5.52. The van der Waals surface area contributed by atoms with Crippen molar-refractivity contribution in [1.29, 1.82) is 5.41 Å². The number of urea groups is 1. The Morgan fingerprint density at radius 2 is 1.51 bits per heavy atom. The molecule has 18 heteroatoms. The molecule has 2 atom stereocenters. The summed E-state index contributed by atoms with van der Waals surface area (Å²) in [4.78, 5) is 73.1. The van der Waals surface area contributed by atoms with Crippen LogP contribution in [0.2, 0.25) is 0 Å². The lowest BCUT2D eigenvalue weighted by Gasteiger charge is -2.40. The van der Waals surface area contributed by atoms with Crippen LogP contribution in [0.1, 0.15) is 18.9 Å². The Bertz CT molecular complexity index is 1370. The summed E-state index contributed by atoms with van der Waals surface area (Å²) in [6, 6.07) is 10.3. The van der Waals surface area contributed by atoms with Crippen molar-refractivity contribution in [2.45, 2.75) is 31.2 Å². The van der Waals surface area contributed by atoms with Gasteiger partial charge in [0.25, 0.3) is 5.66 Å². The monoisotopic (exact) mass is 612 g/mol. The lowest BCUT2D eigenvalue weighted by Crippen LogP contribution is -2.73. The van der Waals surface area contributed by atoms with Crippen molar-refractivity contribution in [3.8, 4) is 0 Å². The Kier molecular flexibility index (Phi) is 12.3. The maximum absolute atomic E-state index is 13.4. The predicted molar refractivity (Wildman–Crippen MR) is 143 cm³/mol. The van der Waals surface area contributed by atoms with Gasteiger partial charge >= 0.3 is 30.1 Å². The number of nitrogens with two attached hydrogens (primary N) is 2. The number of aliphatic carboxylic acids is 2. The van der Waals surface area contributed by atoms with Gasteiger partial charge in [0.15, 0.2) is 5.78 Å². The van der Waals surface area contributed by atoms with Gasteiger partial charge in [-0.25, -0.2) is 14.4 Å². The second-order valence-corrected chi connectivity index (χ2v) is 8.34. The van der Waals surface area contributed by atoms with Crippen molar-refractivity contribution in [2.24, 2.45) is 11.5 Å². The van der Waals surface area contributed by atoms with E-state index < -0.39 is 59.9 Å². The SMILES string of the molecule is COC(=O)[C@](NC(=O)Nc1ccc(C(=N)N)cc1)(C(C)=O)N(C(=O)[C@@H](N)CC(=O)O)c1ccccc1.O=C(O)C(F)(F)F. The number of hydrogen-bond donors (Lipinski definition) is 7. The number of amidine groups is 1. The molecule has 43 heavy (non-hydrogen) atoms. The molecule has 2 rings (SSSR count). The molecule has 2 aromatic carbocycles. The molecule has 232 valence electrons. The van der Waals surface area contributed by atoms with Gasteiger partial charge in [-0.1, -0.05) is 18.2 Å². The van der Waals surface area contributed by atoms with E-state index in [0.717, 1.165) is 14.0 Å². The lowest BCUT2D eigenvalue weighted by atomic mass is 9.99. The van der Waals surface area contributed by atoms with Crippen molar-refractivity contribution in [2.75, 3.05) is 17.3 Å². The number of amides is 3. The second-order valence-electron chi connectivity index (χ2n) is 8.34. The fourth-order valence-electron chi connectivity index (χ4n) is 3.30. The molecule has 9 N–H and O–H groups in total. The number of rotatable bonds is 10. The van der Waals surface area contributed by atoms with Crippen LogP contribution in [0.25, 0.3) is 0 Å². The summed E-state index contributed by atoms with van der Waals surface area (Å²) in [6.45, 7) is 0.949. The minimum Gasteiger partial charge on any atom is -0.481 e. The minimum absolute atomic E-state index is 0.0324. The van der Waals surface area contributed by atoms with Crippen molar-refractivity contribution in [1.82, 2.24) is 5.32 Å². The molecule has 15 nitrogen and oxygen atoms in total. The number of halogens is 3. The molecule has 0 radical (unpaired) electrons. The summed E-state index contributed by atoms with van der Waals surface area (Å²) >= 11 is 0. The zero-order valence-electron chi connectivity index (χ0n) is 22.5. The van der Waals surface area contributed by atoms with E-state index in [1.807, 2.05) is 0 Å². The van der Waals surface area contributed by atoms with E-state index in [1.54, 1.807) is 6.07 Å². The average Bonchev–Trinajstić information content (AvgIpc) is 2.92. The third-order valence-corrected chi connectivity index (χ3v) is 5.26. The molecular weight excluding hydrogens is 585 g/mol. The van der Waals surface area contributed by atoms with Gasteiger partial charge in [0, 0.05) is 16.9 Å². The lowest BCUT2D eigenvalue weighted by molar-refractivity contribution is -0.192. The van der Waals surface area contributed by atoms with Gasteiger partial charge in [0.2, 0.25) is 5.91 Å². The summed E-state index contributed by atoms with van der Waals surface area (Å²) in [6.07, 6.45) is -5.90. The van der Waals surface area contributed by atoms with Gasteiger partial charge in [-0.15, -0.1) is 0 Å². The Morgan fingerprint density at radius 1 is 1.00 bits per heavy atom. The van der Waals surface area contributed by atoms with Gasteiger partial charge < -0.3 is 31.7 Å². The molecule has 0 bridgehead atoms. The minimum atomic E-state index is -5.08. The predicted octanol–water partition coefficient (Wildman–Crippen LogP) is 1.02. The number of carbonyl (C=O) groups is 6. The van der Waals surface area contributed by atoms with Crippen LogP contribution < -0.4 is 27.0 Å². The standard InChI is InChI=1S/C23H26N6O7.C2HF3O2/c1-13(30)23(21(34)36-2,28-22(35)27-15-10-8-14(9-11-15)19(25)26)29(16-6-4-3-5-7-16)20(33)17(24)12-18(31)32;3-2(4,5)1(6)7/h3-11,17H,12,24H2,1-2H3,(H3,25,26)(H,31,32)(H2,27,28,35);(H,6,7)/t17-,23-;/m0./s1. The highest BCUT2D eigenvalue weighted by molar-refractivity contribution is 6.19. The highest BCUT2D eigenvalue weighted by atomic mass is 19.4. The molecule has 0 unspecified atom stereocenters. The fourth-order valence-corrected chi connectivity index (χ4v) is 3.30. The van der Waals surface area contributed by atoms with Gasteiger partial charge in [0.1, 0.15) is 5.84 Å². The molecule has 3 amide bonds. The van der Waals surface area contributed by atoms with Crippen LogP contribution in [0, 0.1) is 5.41 Å². The number of ketones is 1. The first-order valence-corrected chi connectivity index (χ1v) is 11.7. The fraction of sp³-hybridized carbons (Fsp3) is 0.240. The highest BCUT2D eigenvalue weighted by Crippen LogP contribution is 2.27. The number of carboxylic acids is 2. The van der Waals surface area contributed by atoms with Crippen LogP contribution in [0.4, 0.5) is 29.3 Å². The second kappa shape index (κ2) is 14.9. The van der Waals surface area contributed by atoms with E-state index in [-0.39, 0.29) is 17.2 Å². The first kappa shape index (κ1) is 35.5. The number of carbonyl (C=O) groups excluding carboxylic acids is 4. The van der Waals surface area contributed by atoms with Crippen molar-refractivity contribution >= 4 is 52.8 Å². The molecular formula is C25H27F3N6O9. The molecule has 0 aromatic heterocycles.